The van der Waals surface area contributed by atoms with E-state index in [2.05, 4.69) is 5.32 Å². The Bertz CT molecular complexity index is 728. The maximum Gasteiger partial charge on any atom is 0.256 e. The third-order valence-corrected chi connectivity index (χ3v) is 3.84. The van der Waals surface area contributed by atoms with Crippen molar-refractivity contribution in [2.24, 2.45) is 0 Å². The van der Waals surface area contributed by atoms with E-state index in [0.29, 0.717) is 10.7 Å². The summed E-state index contributed by atoms with van der Waals surface area (Å²) in [7, 11) is 0. The molecule has 0 bridgehead atoms. The van der Waals surface area contributed by atoms with Gasteiger partial charge in [-0.3, -0.25) is 9.59 Å². The highest BCUT2D eigenvalue weighted by atomic mass is 35.5. The molecule has 0 aliphatic carbocycles. The van der Waals surface area contributed by atoms with Crippen LogP contribution in [-0.4, -0.2) is 17.9 Å². The molecule has 2 aromatic carbocycles. The zero-order valence-electron chi connectivity index (χ0n) is 12.0. The summed E-state index contributed by atoms with van der Waals surface area (Å²) >= 11 is 5.84. The third-order valence-electron chi connectivity index (χ3n) is 3.59. The number of nitrogens with zero attached hydrogens (tertiary/aromatic N) is 1. The SMILES string of the molecule is Cc1cccc(N[C@@H]2CC(=O)N(c3ccc(Cl)cc3)C2=O)c1. The lowest BCUT2D eigenvalue weighted by atomic mass is 10.2. The maximum atomic E-state index is 12.5. The van der Waals surface area contributed by atoms with Crippen molar-refractivity contribution in [1.82, 2.24) is 0 Å². The van der Waals surface area contributed by atoms with Gasteiger partial charge in [0.05, 0.1) is 12.1 Å². The van der Waals surface area contributed by atoms with Gasteiger partial charge in [0.15, 0.2) is 0 Å². The Hall–Kier alpha value is -2.33. The number of rotatable bonds is 3. The number of carbonyl (C=O) groups excluding carboxylic acids is 2. The molecule has 1 atom stereocenters. The second-order valence-corrected chi connectivity index (χ2v) is 5.75. The van der Waals surface area contributed by atoms with E-state index in [9.17, 15) is 9.59 Å². The number of hydrogen-bond acceptors (Lipinski definition) is 3. The molecule has 1 aliphatic rings. The lowest BCUT2D eigenvalue weighted by Crippen LogP contribution is -2.34. The van der Waals surface area contributed by atoms with Gasteiger partial charge in [-0.05, 0) is 48.9 Å². The van der Waals surface area contributed by atoms with Gasteiger partial charge in [0.25, 0.3) is 5.91 Å². The third kappa shape index (κ3) is 2.83. The van der Waals surface area contributed by atoms with Crippen molar-refractivity contribution in [3.8, 4) is 0 Å². The highest BCUT2D eigenvalue weighted by Gasteiger charge is 2.39. The predicted molar refractivity (Wildman–Crippen MR) is 87.2 cm³/mol. The molecule has 3 rings (SSSR count). The second-order valence-electron chi connectivity index (χ2n) is 5.31. The van der Waals surface area contributed by atoms with Crippen LogP contribution in [0.1, 0.15) is 12.0 Å². The number of anilines is 2. The summed E-state index contributed by atoms with van der Waals surface area (Å²) in [5.41, 5.74) is 2.48. The van der Waals surface area contributed by atoms with Crippen LogP contribution in [0.25, 0.3) is 0 Å². The molecular formula is C17H15ClN2O2. The Morgan fingerprint density at radius 2 is 1.86 bits per heavy atom. The standard InChI is InChI=1S/C17H15ClN2O2/c1-11-3-2-4-13(9-11)19-15-10-16(21)20(17(15)22)14-7-5-12(18)6-8-14/h2-9,15,19H,10H2,1H3/t15-/m1/s1. The number of halogens is 1. The van der Waals surface area contributed by atoms with Crippen LogP contribution >= 0.6 is 11.6 Å². The fourth-order valence-electron chi connectivity index (χ4n) is 2.54. The van der Waals surface area contributed by atoms with E-state index < -0.39 is 6.04 Å². The zero-order valence-corrected chi connectivity index (χ0v) is 12.8. The van der Waals surface area contributed by atoms with Gasteiger partial charge in [0, 0.05) is 10.7 Å². The number of hydrogen-bond donors (Lipinski definition) is 1. The molecule has 112 valence electrons. The summed E-state index contributed by atoms with van der Waals surface area (Å²) in [6.45, 7) is 1.98. The average Bonchev–Trinajstić information content (AvgIpc) is 2.75. The van der Waals surface area contributed by atoms with E-state index in [1.807, 2.05) is 31.2 Å². The van der Waals surface area contributed by atoms with Crippen molar-refractivity contribution in [3.63, 3.8) is 0 Å². The summed E-state index contributed by atoms with van der Waals surface area (Å²) in [4.78, 5) is 25.9. The smallest absolute Gasteiger partial charge is 0.256 e. The Labute approximate surface area is 133 Å². The quantitative estimate of drug-likeness (QED) is 0.883. The maximum absolute atomic E-state index is 12.5. The van der Waals surface area contributed by atoms with Crippen LogP contribution in [0.4, 0.5) is 11.4 Å². The van der Waals surface area contributed by atoms with Crippen LogP contribution in [0.3, 0.4) is 0 Å². The molecule has 1 fully saturated rings. The topological polar surface area (TPSA) is 49.4 Å². The number of amides is 2. The van der Waals surface area contributed by atoms with Gasteiger partial charge in [-0.2, -0.15) is 0 Å². The average molecular weight is 315 g/mol. The highest BCUT2D eigenvalue weighted by Crippen LogP contribution is 2.26. The van der Waals surface area contributed by atoms with Crippen molar-refractivity contribution in [2.45, 2.75) is 19.4 Å². The predicted octanol–water partition coefficient (Wildman–Crippen LogP) is 3.39. The first kappa shape index (κ1) is 14.6. The van der Waals surface area contributed by atoms with Gasteiger partial charge in [0.1, 0.15) is 6.04 Å². The van der Waals surface area contributed by atoms with Crippen LogP contribution in [0.15, 0.2) is 48.5 Å². The minimum Gasteiger partial charge on any atom is -0.373 e. The molecule has 0 radical (unpaired) electrons. The second kappa shape index (κ2) is 5.81. The van der Waals surface area contributed by atoms with E-state index in [1.165, 1.54) is 4.90 Å². The minimum absolute atomic E-state index is 0.148. The highest BCUT2D eigenvalue weighted by molar-refractivity contribution is 6.30. The van der Waals surface area contributed by atoms with Crippen molar-refractivity contribution in [1.29, 1.82) is 0 Å². The summed E-state index contributed by atoms with van der Waals surface area (Å²) in [5.74, 6) is -0.452. The first-order valence-electron chi connectivity index (χ1n) is 7.00. The van der Waals surface area contributed by atoms with Crippen LogP contribution in [0.2, 0.25) is 5.02 Å². The monoisotopic (exact) mass is 314 g/mol. The normalized spacial score (nSPS) is 17.9. The molecular weight excluding hydrogens is 300 g/mol. The van der Waals surface area contributed by atoms with E-state index in [4.69, 9.17) is 11.6 Å². The molecule has 1 saturated heterocycles. The zero-order chi connectivity index (χ0) is 15.7. The molecule has 1 N–H and O–H groups in total. The van der Waals surface area contributed by atoms with Gasteiger partial charge >= 0.3 is 0 Å². The van der Waals surface area contributed by atoms with Gasteiger partial charge in [-0.25, -0.2) is 4.90 Å². The molecule has 1 heterocycles. The number of aryl methyl sites for hydroxylation is 1. The fraction of sp³-hybridized carbons (Fsp3) is 0.176. The summed E-state index contributed by atoms with van der Waals surface area (Å²) in [6, 6.07) is 13.9. The van der Waals surface area contributed by atoms with E-state index in [1.54, 1.807) is 24.3 Å². The van der Waals surface area contributed by atoms with Gasteiger partial charge in [0.2, 0.25) is 5.91 Å². The molecule has 4 nitrogen and oxygen atoms in total. The largest absolute Gasteiger partial charge is 0.373 e. The first-order chi connectivity index (χ1) is 10.5. The summed E-state index contributed by atoms with van der Waals surface area (Å²) < 4.78 is 0. The van der Waals surface area contributed by atoms with Crippen LogP contribution in [0.5, 0.6) is 0 Å². The van der Waals surface area contributed by atoms with Gasteiger partial charge < -0.3 is 5.32 Å². The van der Waals surface area contributed by atoms with Gasteiger partial charge in [-0.15, -0.1) is 0 Å². The van der Waals surface area contributed by atoms with E-state index in [-0.39, 0.29) is 18.2 Å². The molecule has 0 saturated carbocycles. The van der Waals surface area contributed by atoms with Crippen LogP contribution < -0.4 is 10.2 Å². The first-order valence-corrected chi connectivity index (χ1v) is 7.38. The van der Waals surface area contributed by atoms with Crippen molar-refractivity contribution in [2.75, 3.05) is 10.2 Å². The Morgan fingerprint density at radius 3 is 2.55 bits per heavy atom. The minimum atomic E-state index is -0.537. The van der Waals surface area contributed by atoms with Crippen LogP contribution in [-0.2, 0) is 9.59 Å². The lowest BCUT2D eigenvalue weighted by molar-refractivity contribution is -0.121. The number of benzene rings is 2. The number of nitrogens with one attached hydrogen (secondary N) is 1. The molecule has 0 unspecified atom stereocenters. The lowest BCUT2D eigenvalue weighted by Gasteiger charge is -2.16. The van der Waals surface area contributed by atoms with Crippen LogP contribution in [0, 0.1) is 6.92 Å². The molecule has 0 aromatic heterocycles. The van der Waals surface area contributed by atoms with Crippen molar-refractivity contribution >= 4 is 34.8 Å². The Kier molecular flexibility index (Phi) is 3.86. The Balaban J connectivity index is 1.81. The number of imide groups is 1. The molecule has 0 spiro atoms. The van der Waals surface area contributed by atoms with E-state index >= 15 is 0 Å². The van der Waals surface area contributed by atoms with Crippen molar-refractivity contribution < 1.29 is 9.59 Å². The Morgan fingerprint density at radius 1 is 1.14 bits per heavy atom. The molecule has 2 aromatic rings. The van der Waals surface area contributed by atoms with Gasteiger partial charge in [-0.1, -0.05) is 23.7 Å². The molecule has 22 heavy (non-hydrogen) atoms. The van der Waals surface area contributed by atoms with E-state index in [0.717, 1.165) is 11.3 Å². The van der Waals surface area contributed by atoms with Crippen molar-refractivity contribution in [3.05, 3.63) is 59.1 Å². The summed E-state index contributed by atoms with van der Waals surface area (Å²) in [6.07, 6.45) is 0.148. The molecule has 5 heteroatoms. The molecule has 1 aliphatic heterocycles. The number of carbonyl (C=O) groups is 2. The molecule has 2 amide bonds. The summed E-state index contributed by atoms with van der Waals surface area (Å²) in [5, 5.41) is 3.70. The fourth-order valence-corrected chi connectivity index (χ4v) is 2.67.